The average Bonchev–Trinajstić information content (AvgIpc) is 3.58. The van der Waals surface area contributed by atoms with Gasteiger partial charge in [-0.3, -0.25) is 44.9 Å². The van der Waals surface area contributed by atoms with Crippen molar-refractivity contribution >= 4 is 10.9 Å². The summed E-state index contributed by atoms with van der Waals surface area (Å²) in [5.74, 6) is 3.22. The van der Waals surface area contributed by atoms with E-state index in [4.69, 9.17) is 0 Å². The van der Waals surface area contributed by atoms with E-state index in [9.17, 15) is 0 Å². The Labute approximate surface area is 499 Å². The molecule has 0 N–H and O–H groups in total. The van der Waals surface area contributed by atoms with Crippen molar-refractivity contribution < 1.29 is 0 Å². The Kier molecular flexibility index (Phi) is 33.5. The zero-order valence-electron chi connectivity index (χ0n) is 53.2. The second-order valence-electron chi connectivity index (χ2n) is 19.6. The third-order valence-corrected chi connectivity index (χ3v) is 10.9. The first-order valence-corrected chi connectivity index (χ1v) is 27.4. The van der Waals surface area contributed by atoms with E-state index in [1.807, 2.05) is 203 Å². The highest BCUT2D eigenvalue weighted by Gasteiger charge is 1.98. The SMILES string of the molecule is Cc1cc(C)c2ccccc2n1.Cc1ccc(C)nc1.Cc1cccc(C)n1.Cc1cccnc1C.Cc1ccnc(C)c1.Cc1ccnc(C)n1.Cc1cnc(C)cn1.Cc1cnc(C)nc1.Cc1cncc(C)n1.Cc1ncnc(C)n1. The molecule has 0 radical (unpaired) electrons. The van der Waals surface area contributed by atoms with Crippen LogP contribution >= 0.6 is 0 Å². The van der Waals surface area contributed by atoms with Crippen molar-refractivity contribution in [3.63, 3.8) is 0 Å². The summed E-state index contributed by atoms with van der Waals surface area (Å²) in [7, 11) is 0. The van der Waals surface area contributed by atoms with Gasteiger partial charge >= 0.3 is 0 Å². The third-order valence-electron chi connectivity index (χ3n) is 10.9. The molecule has 11 aromatic rings. The summed E-state index contributed by atoms with van der Waals surface area (Å²) in [6.07, 6.45) is 19.4. The standard InChI is InChI=1S/C11H11N.4C7H9N.4C6H8N2.C5H7N3/c1-8-7-9(2)12-11-6-4-3-5-10(8)11;1-6-3-4-8-7(2)5-6;1-6-3-4-7(2)8-5-6;1-6-4-3-5-8-7(6)2;1-6-4-3-5-7(2)8-6;1-5-3-8-6(2)4-7-5;1-5-3-7-4-6(2)8-5;1-5-3-7-6(2)8-4-5;1-5-3-4-7-6(2)8-5;1-4-6-3-7-5(2)8-4/h3-7H,1-2H3;4*3-5H,1-2H3;4*3-4H,1-2H3;3H,1-2H3. The minimum atomic E-state index is 0.775. The van der Waals surface area contributed by atoms with Gasteiger partial charge in [-0.2, -0.15) is 0 Å². The number of aromatic nitrogens is 16. The van der Waals surface area contributed by atoms with Crippen LogP contribution in [0.25, 0.3) is 10.9 Å². The zero-order chi connectivity index (χ0) is 62.4. The molecule has 0 spiro atoms. The number of benzene rings is 1. The molecular weight excluding hydrogens is 1040 g/mol. The Morgan fingerprint density at radius 2 is 0.798 bits per heavy atom. The molecule has 0 bridgehead atoms. The van der Waals surface area contributed by atoms with Crippen LogP contribution in [0.5, 0.6) is 0 Å². The molecule has 0 aliphatic heterocycles. The smallest absolute Gasteiger partial charge is 0.129 e. The summed E-state index contributed by atoms with van der Waals surface area (Å²) < 4.78 is 0. The van der Waals surface area contributed by atoms with Crippen molar-refractivity contribution in [2.24, 2.45) is 0 Å². The van der Waals surface area contributed by atoms with E-state index in [1.54, 1.807) is 31.0 Å². The van der Waals surface area contributed by atoms with Gasteiger partial charge in [0.2, 0.25) is 0 Å². The molecule has 0 amide bonds. The Bertz CT molecular complexity index is 3050. The molecule has 0 fully saturated rings. The van der Waals surface area contributed by atoms with E-state index in [1.165, 1.54) is 34.0 Å². The molecule has 0 atom stereocenters. The number of para-hydroxylation sites is 1. The predicted molar refractivity (Wildman–Crippen MR) is 341 cm³/mol. The molecule has 16 nitrogen and oxygen atoms in total. The minimum Gasteiger partial charge on any atom is -0.262 e. The highest BCUT2D eigenvalue weighted by Crippen LogP contribution is 2.16. The van der Waals surface area contributed by atoms with Crippen LogP contribution in [0.3, 0.4) is 0 Å². The minimum absolute atomic E-state index is 0.775. The quantitative estimate of drug-likeness (QED) is 0.138. The van der Waals surface area contributed by atoms with Crippen LogP contribution in [0.15, 0.2) is 159 Å². The maximum absolute atomic E-state index is 4.44. The Morgan fingerprint density at radius 3 is 1.19 bits per heavy atom. The lowest BCUT2D eigenvalue weighted by molar-refractivity contribution is 0.920. The van der Waals surface area contributed by atoms with Crippen molar-refractivity contribution in [3.8, 4) is 0 Å². The maximum Gasteiger partial charge on any atom is 0.129 e. The van der Waals surface area contributed by atoms with Gasteiger partial charge in [0, 0.05) is 107 Å². The summed E-state index contributed by atoms with van der Waals surface area (Å²) in [4.78, 5) is 64.4. The number of hydrogen-bond donors (Lipinski definition) is 0. The van der Waals surface area contributed by atoms with E-state index < -0.39 is 0 Å². The van der Waals surface area contributed by atoms with Gasteiger partial charge in [-0.05, 0) is 221 Å². The van der Waals surface area contributed by atoms with Crippen molar-refractivity contribution in [3.05, 3.63) is 273 Å². The third kappa shape index (κ3) is 34.0. The van der Waals surface area contributed by atoms with Gasteiger partial charge in [0.05, 0.1) is 28.3 Å². The van der Waals surface area contributed by atoms with E-state index in [0.717, 1.165) is 97.0 Å². The first-order chi connectivity index (χ1) is 39.9. The first-order valence-electron chi connectivity index (χ1n) is 27.4. The summed E-state index contributed by atoms with van der Waals surface area (Å²) in [5, 5.41) is 1.25. The van der Waals surface area contributed by atoms with Crippen molar-refractivity contribution in [2.75, 3.05) is 0 Å². The largest absolute Gasteiger partial charge is 0.262 e. The lowest BCUT2D eigenvalue weighted by Gasteiger charge is -2.01. The fourth-order valence-electron chi connectivity index (χ4n) is 6.56. The molecule has 0 aliphatic rings. The molecule has 0 saturated heterocycles. The second kappa shape index (κ2) is 39.9. The van der Waals surface area contributed by atoms with Crippen LogP contribution < -0.4 is 0 Å². The second-order valence-corrected chi connectivity index (χ2v) is 19.6. The molecule has 10 aromatic heterocycles. The summed E-state index contributed by atoms with van der Waals surface area (Å²) in [6, 6.07) is 30.3. The lowest BCUT2D eigenvalue weighted by Crippen LogP contribution is -1.91. The van der Waals surface area contributed by atoms with Gasteiger partial charge in [0.15, 0.2) is 0 Å². The summed E-state index contributed by atoms with van der Waals surface area (Å²) in [5.41, 5.74) is 18.7. The van der Waals surface area contributed by atoms with Crippen LogP contribution in [0.4, 0.5) is 0 Å². The molecule has 16 heteroatoms. The number of hydrogen-bond acceptors (Lipinski definition) is 16. The fourth-order valence-corrected chi connectivity index (χ4v) is 6.56. The Balaban J connectivity index is 0.000000320. The van der Waals surface area contributed by atoms with Crippen LogP contribution in [-0.4, -0.2) is 79.7 Å². The van der Waals surface area contributed by atoms with Crippen molar-refractivity contribution in [1.82, 2.24) is 79.7 Å². The molecule has 0 unspecified atom stereocenters. The number of pyridine rings is 5. The lowest BCUT2D eigenvalue weighted by atomic mass is 10.1. The maximum atomic E-state index is 4.44. The molecule has 0 saturated carbocycles. The van der Waals surface area contributed by atoms with E-state index in [0.29, 0.717) is 0 Å². The van der Waals surface area contributed by atoms with Gasteiger partial charge in [0.25, 0.3) is 0 Å². The van der Waals surface area contributed by atoms with Crippen molar-refractivity contribution in [2.45, 2.75) is 138 Å². The highest BCUT2D eigenvalue weighted by molar-refractivity contribution is 5.81. The number of fused-ring (bicyclic) bond motifs is 1. The summed E-state index contributed by atoms with van der Waals surface area (Å²) >= 11 is 0. The molecule has 11 rings (SSSR count). The number of nitrogens with zero attached hydrogens (tertiary/aromatic N) is 16. The van der Waals surface area contributed by atoms with Gasteiger partial charge in [-0.15, -0.1) is 0 Å². The molecule has 84 heavy (non-hydrogen) atoms. The zero-order valence-corrected chi connectivity index (χ0v) is 53.2. The van der Waals surface area contributed by atoms with Crippen LogP contribution in [0.2, 0.25) is 0 Å². The van der Waals surface area contributed by atoms with Crippen LogP contribution in [0, 0.1) is 138 Å². The Hall–Kier alpha value is -9.44. The van der Waals surface area contributed by atoms with Gasteiger partial charge < -0.3 is 0 Å². The van der Waals surface area contributed by atoms with Crippen LogP contribution in [-0.2, 0) is 0 Å². The highest BCUT2D eigenvalue weighted by atomic mass is 15.0. The molecule has 1 aromatic carbocycles. The molecule has 0 aliphatic carbocycles. The van der Waals surface area contributed by atoms with Gasteiger partial charge in [0.1, 0.15) is 29.6 Å². The van der Waals surface area contributed by atoms with E-state index in [-0.39, 0.29) is 0 Å². The van der Waals surface area contributed by atoms with Gasteiger partial charge in [-0.25, -0.2) is 34.9 Å². The van der Waals surface area contributed by atoms with Crippen molar-refractivity contribution in [1.29, 1.82) is 0 Å². The average molecular weight is 1130 g/mol. The number of aryl methyl sites for hydroxylation is 20. The van der Waals surface area contributed by atoms with Crippen LogP contribution in [0.1, 0.15) is 114 Å². The van der Waals surface area contributed by atoms with E-state index in [2.05, 4.69) is 137 Å². The molecule has 438 valence electrons. The topological polar surface area (TPSA) is 206 Å². The fraction of sp³-hybridized carbons (Fsp3) is 0.294. The molecule has 10 heterocycles. The van der Waals surface area contributed by atoms with Gasteiger partial charge in [-0.1, -0.05) is 36.4 Å². The Morgan fingerprint density at radius 1 is 0.250 bits per heavy atom. The predicted octanol–water partition coefficient (Wildman–Crippen LogP) is 14.5. The number of rotatable bonds is 0. The molecular formula is C68H86N16. The van der Waals surface area contributed by atoms with E-state index >= 15 is 0 Å². The normalized spacial score (nSPS) is 9.43. The summed E-state index contributed by atoms with van der Waals surface area (Å²) in [6.45, 7) is 39.4. The first kappa shape index (κ1) is 70.7. The monoisotopic (exact) mass is 1130 g/mol.